The molecule has 0 saturated heterocycles. The van der Waals surface area contributed by atoms with Crippen molar-refractivity contribution >= 4 is 23.9 Å². The molecule has 0 radical (unpaired) electrons. The molecule has 2 aliphatic rings. The Bertz CT molecular complexity index is 402. The molecule has 24 N–H and O–H groups in total. The van der Waals surface area contributed by atoms with E-state index in [0.717, 1.165) is 0 Å². The Labute approximate surface area is 201 Å². The molecule has 16 nitrogen and oxygen atoms in total. The predicted octanol–water partition coefficient (Wildman–Crippen LogP) is -2.00. The van der Waals surface area contributed by atoms with Crippen LogP contribution in [0.5, 0.6) is 0 Å². The molecule has 2 saturated carbocycles. The van der Waals surface area contributed by atoms with Crippen molar-refractivity contribution in [2.24, 2.45) is 10.8 Å². The monoisotopic (exact) mass is 818 g/mol. The van der Waals surface area contributed by atoms with E-state index >= 15 is 0 Å². The zero-order valence-electron chi connectivity index (χ0n) is 16.1. The Morgan fingerprint density at radius 3 is 0.600 bits per heavy atom. The predicted molar refractivity (Wildman–Crippen MR) is 97.7 cm³/mol. The third-order valence-electron chi connectivity index (χ3n) is 4.05. The van der Waals surface area contributed by atoms with Gasteiger partial charge in [-0.1, -0.05) is 0 Å². The van der Waals surface area contributed by atoms with Gasteiger partial charge in [-0.05, 0) is 38.5 Å². The van der Waals surface area contributed by atoms with Gasteiger partial charge in [-0.3, -0.25) is 19.2 Å². The van der Waals surface area contributed by atoms with E-state index in [0.29, 0.717) is 12.8 Å². The molecule has 0 unspecified atom stereocenters. The molecule has 0 spiro atoms. The van der Waals surface area contributed by atoms with Gasteiger partial charge >= 0.3 is 23.9 Å². The van der Waals surface area contributed by atoms with Crippen LogP contribution >= 0.6 is 0 Å². The molecular formula is C12H36N4O12Pt2. The summed E-state index contributed by atoms with van der Waals surface area (Å²) in [6, 6.07) is 0. The quantitative estimate of drug-likeness (QED) is 0.143. The van der Waals surface area contributed by atoms with E-state index in [1.807, 2.05) is 0 Å². The van der Waals surface area contributed by atoms with Gasteiger partial charge in [0, 0.05) is 42.1 Å². The molecule has 0 atom stereocenters. The number of aliphatic carboxylic acids is 4. The Balaban J connectivity index is -0.0000000250. The first kappa shape index (κ1) is 63.0. The van der Waals surface area contributed by atoms with Crippen molar-refractivity contribution < 1.29 is 104 Å². The molecule has 30 heavy (non-hydrogen) atoms. The van der Waals surface area contributed by atoms with Crippen LogP contribution in [0.15, 0.2) is 0 Å². The maximum absolute atomic E-state index is 10.4. The Kier molecular flexibility index (Phi) is 50.8. The zero-order chi connectivity index (χ0) is 15.6. The number of hydrogen-bond acceptors (Lipinski definition) is 8. The first-order valence-electron chi connectivity index (χ1n) is 6.13. The van der Waals surface area contributed by atoms with Crippen LogP contribution in [0.1, 0.15) is 38.5 Å². The van der Waals surface area contributed by atoms with E-state index in [2.05, 4.69) is 0 Å². The number of carboxylic acids is 4. The average Bonchev–Trinajstić information content (AvgIpc) is 2.10. The summed E-state index contributed by atoms with van der Waals surface area (Å²) in [7, 11) is 0. The number of hydrogen-bond donors (Lipinski definition) is 8. The normalized spacial score (nSPS) is 14.1. The summed E-state index contributed by atoms with van der Waals surface area (Å²) in [5.74, 6) is -4.81. The third kappa shape index (κ3) is 12.0. The maximum Gasteiger partial charge on any atom is 0.321 e. The molecule has 0 bridgehead atoms. The Morgan fingerprint density at radius 2 is 0.600 bits per heavy atom. The number of carbonyl (C=O) groups is 4. The molecule has 0 amide bonds. The van der Waals surface area contributed by atoms with Crippen molar-refractivity contribution in [3.05, 3.63) is 0 Å². The number of carboxylic acid groups (broad SMARTS) is 4. The van der Waals surface area contributed by atoms with Crippen LogP contribution in [0.2, 0.25) is 0 Å². The van der Waals surface area contributed by atoms with E-state index in [-0.39, 0.29) is 114 Å². The maximum atomic E-state index is 10.4. The van der Waals surface area contributed by atoms with Gasteiger partial charge in [-0.2, -0.15) is 0 Å². The molecule has 2 rings (SSSR count). The Morgan fingerprint density at radius 1 is 0.467 bits per heavy atom. The second kappa shape index (κ2) is 24.2. The minimum Gasteiger partial charge on any atom is -0.480 e. The van der Waals surface area contributed by atoms with Crippen molar-refractivity contribution in [1.82, 2.24) is 24.6 Å². The van der Waals surface area contributed by atoms with E-state index < -0.39 is 34.7 Å². The average molecular weight is 819 g/mol. The van der Waals surface area contributed by atoms with E-state index in [4.69, 9.17) is 20.4 Å². The minimum absolute atomic E-state index is 0. The summed E-state index contributed by atoms with van der Waals surface area (Å²) >= 11 is 0. The van der Waals surface area contributed by atoms with E-state index in [1.165, 1.54) is 0 Å². The molecule has 2 aliphatic carbocycles. The minimum atomic E-state index is -1.44. The van der Waals surface area contributed by atoms with E-state index in [1.54, 1.807) is 0 Å². The molecule has 0 heterocycles. The topological polar surface area (TPSA) is 415 Å². The van der Waals surface area contributed by atoms with Crippen LogP contribution < -0.4 is 24.6 Å². The molecular weight excluding hydrogens is 782 g/mol. The summed E-state index contributed by atoms with van der Waals surface area (Å²) < 4.78 is 0. The van der Waals surface area contributed by atoms with Gasteiger partial charge in [0.25, 0.3) is 0 Å². The smallest absolute Gasteiger partial charge is 0.321 e. The van der Waals surface area contributed by atoms with Crippen LogP contribution in [0.25, 0.3) is 0 Å². The molecule has 0 aliphatic heterocycles. The Hall–Kier alpha value is -1.06. The van der Waals surface area contributed by atoms with Gasteiger partial charge < -0.3 is 66.9 Å². The summed E-state index contributed by atoms with van der Waals surface area (Å²) in [6.45, 7) is 0. The third-order valence-corrected chi connectivity index (χ3v) is 4.05. The molecule has 196 valence electrons. The molecule has 2 fully saturated rings. The van der Waals surface area contributed by atoms with Crippen LogP contribution in [0.3, 0.4) is 0 Å². The van der Waals surface area contributed by atoms with Crippen LogP contribution in [0.4, 0.5) is 0 Å². The van der Waals surface area contributed by atoms with Gasteiger partial charge in [0.2, 0.25) is 0 Å². The van der Waals surface area contributed by atoms with Crippen molar-refractivity contribution in [3.63, 3.8) is 0 Å². The molecule has 0 aromatic carbocycles. The van der Waals surface area contributed by atoms with Crippen LogP contribution in [0, 0.1) is 10.8 Å². The second-order valence-corrected chi connectivity index (χ2v) is 5.09. The van der Waals surface area contributed by atoms with Crippen molar-refractivity contribution in [3.8, 4) is 0 Å². The van der Waals surface area contributed by atoms with Gasteiger partial charge in [0.05, 0.1) is 0 Å². The van der Waals surface area contributed by atoms with Gasteiger partial charge in [0.15, 0.2) is 10.8 Å². The summed E-state index contributed by atoms with van der Waals surface area (Å²) in [4.78, 5) is 41.5. The van der Waals surface area contributed by atoms with Gasteiger partial charge in [0.1, 0.15) is 0 Å². The molecule has 18 heteroatoms. The second-order valence-electron chi connectivity index (χ2n) is 5.09. The van der Waals surface area contributed by atoms with Gasteiger partial charge in [-0.25, -0.2) is 0 Å². The fourth-order valence-corrected chi connectivity index (χ4v) is 2.10. The molecule has 0 aromatic rings. The zero-order valence-corrected chi connectivity index (χ0v) is 20.7. The largest absolute Gasteiger partial charge is 0.480 e. The van der Waals surface area contributed by atoms with Crippen molar-refractivity contribution in [2.75, 3.05) is 0 Å². The fourth-order valence-electron chi connectivity index (χ4n) is 2.10. The van der Waals surface area contributed by atoms with Crippen LogP contribution in [-0.2, 0) is 61.3 Å². The number of rotatable bonds is 4. The summed E-state index contributed by atoms with van der Waals surface area (Å²) in [5, 5.41) is 33.9. The van der Waals surface area contributed by atoms with Crippen molar-refractivity contribution in [1.29, 1.82) is 0 Å². The first-order chi connectivity index (χ1) is 9.19. The van der Waals surface area contributed by atoms with Crippen molar-refractivity contribution in [2.45, 2.75) is 38.5 Å². The fraction of sp³-hybridized carbons (Fsp3) is 0.667. The summed E-state index contributed by atoms with van der Waals surface area (Å²) in [5.41, 5.74) is -2.89. The van der Waals surface area contributed by atoms with Gasteiger partial charge in [-0.15, -0.1) is 0 Å². The standard InChI is InChI=1S/2C6H8O4.4H3N.4H2O.2Pt/c2*7-4(8)6(5(9)10)2-1-3-6;;;;;;;;;;/h2*1-3H2,(H,7,8)(H,9,10);4*1H3;4*1H2;;. The van der Waals surface area contributed by atoms with E-state index in [9.17, 15) is 19.2 Å². The summed E-state index contributed by atoms with van der Waals surface area (Å²) in [6.07, 6.45) is 2.52. The molecule has 0 aromatic heterocycles. The van der Waals surface area contributed by atoms with Crippen LogP contribution in [-0.4, -0.2) is 66.2 Å². The SMILES string of the molecule is N.N.N.N.O.O.O.O.O=C(O)C1(C(=O)O)CCC1.O=C(O)C1(C(=O)O)CCC1.[Pt].[Pt]. The first-order valence-corrected chi connectivity index (χ1v) is 6.13.